The van der Waals surface area contributed by atoms with Crippen molar-refractivity contribution in [3.05, 3.63) is 59.7 Å². The van der Waals surface area contributed by atoms with E-state index in [1.807, 2.05) is 69.3 Å². The van der Waals surface area contributed by atoms with E-state index in [4.69, 9.17) is 18.9 Å². The van der Waals surface area contributed by atoms with Gasteiger partial charge in [-0.3, -0.25) is 4.79 Å². The van der Waals surface area contributed by atoms with E-state index in [9.17, 15) is 9.90 Å². The number of carbonyl (C=O) groups is 1. The topological polar surface area (TPSA) is 77.5 Å². The molecule has 3 rings (SSSR count). The molecule has 2 aromatic carbocycles. The lowest BCUT2D eigenvalue weighted by Gasteiger charge is -2.34. The maximum atomic E-state index is 13.0. The van der Waals surface area contributed by atoms with Crippen LogP contribution in [0.1, 0.15) is 51.2 Å². The van der Waals surface area contributed by atoms with Crippen LogP contribution in [0.5, 0.6) is 11.5 Å². The number of nitrogens with zero attached hydrogens (tertiary/aromatic N) is 1. The maximum Gasteiger partial charge on any atom is 0.248 e. The second kappa shape index (κ2) is 12.1. The Balaban J connectivity index is 1.72. The fourth-order valence-electron chi connectivity index (χ4n) is 4.57. The number of carbonyl (C=O) groups excluding carboxylic acids is 1. The molecule has 0 radical (unpaired) electrons. The van der Waals surface area contributed by atoms with Crippen molar-refractivity contribution >= 4 is 5.91 Å². The molecule has 0 aliphatic carbocycles. The molecule has 7 nitrogen and oxygen atoms in total. The smallest absolute Gasteiger partial charge is 0.248 e. The van der Waals surface area contributed by atoms with E-state index in [2.05, 4.69) is 0 Å². The van der Waals surface area contributed by atoms with Gasteiger partial charge >= 0.3 is 0 Å². The standard InChI is InChI=1S/C29H41NO6/c1-21(31)29(4)20-30(27(32)19-35-18-22-10-8-7-9-11-22)17-24(29)23-12-13-25(33-5)26(16-23)36-15-14-28(2,3)34-6/h7-13,16,21,24,31H,14-15,17-20H2,1-6H3/t21-,24+,29+/m1/s1. The Kier molecular flexibility index (Phi) is 9.39. The molecule has 36 heavy (non-hydrogen) atoms. The van der Waals surface area contributed by atoms with Crippen molar-refractivity contribution in [2.24, 2.45) is 5.41 Å². The van der Waals surface area contributed by atoms with Crippen LogP contribution in [0.4, 0.5) is 0 Å². The number of hydrogen-bond donors (Lipinski definition) is 1. The third-order valence-electron chi connectivity index (χ3n) is 7.48. The summed E-state index contributed by atoms with van der Waals surface area (Å²) in [5.41, 5.74) is 1.22. The number of rotatable bonds is 12. The minimum absolute atomic E-state index is 0.00373. The molecule has 1 saturated heterocycles. The van der Waals surface area contributed by atoms with Crippen LogP contribution in [0, 0.1) is 5.41 Å². The van der Waals surface area contributed by atoms with E-state index in [0.29, 0.717) is 37.8 Å². The summed E-state index contributed by atoms with van der Waals surface area (Å²) in [5.74, 6) is 1.14. The Morgan fingerprint density at radius 2 is 1.89 bits per heavy atom. The number of methoxy groups -OCH3 is 2. The number of ether oxygens (including phenoxy) is 4. The van der Waals surface area contributed by atoms with Gasteiger partial charge in [0.25, 0.3) is 0 Å². The molecule has 1 heterocycles. The van der Waals surface area contributed by atoms with Crippen molar-refractivity contribution in [2.45, 2.75) is 58.3 Å². The zero-order chi connectivity index (χ0) is 26.3. The van der Waals surface area contributed by atoms with Gasteiger partial charge < -0.3 is 29.0 Å². The molecule has 1 N–H and O–H groups in total. The van der Waals surface area contributed by atoms with Crippen LogP contribution in [0.3, 0.4) is 0 Å². The van der Waals surface area contributed by atoms with Crippen molar-refractivity contribution in [2.75, 3.05) is 40.5 Å². The summed E-state index contributed by atoms with van der Waals surface area (Å²) in [6.07, 6.45) is 0.108. The summed E-state index contributed by atoms with van der Waals surface area (Å²) in [6, 6.07) is 15.7. The third-order valence-corrected chi connectivity index (χ3v) is 7.48. The maximum absolute atomic E-state index is 13.0. The van der Waals surface area contributed by atoms with E-state index in [1.165, 1.54) is 0 Å². The Morgan fingerprint density at radius 1 is 1.17 bits per heavy atom. The van der Waals surface area contributed by atoms with Gasteiger partial charge in [-0.2, -0.15) is 0 Å². The van der Waals surface area contributed by atoms with Crippen LogP contribution in [0.2, 0.25) is 0 Å². The van der Waals surface area contributed by atoms with Crippen LogP contribution < -0.4 is 9.47 Å². The molecule has 1 aliphatic heterocycles. The number of aliphatic hydroxyl groups excluding tert-OH is 1. The van der Waals surface area contributed by atoms with Gasteiger partial charge in [-0.25, -0.2) is 0 Å². The van der Waals surface area contributed by atoms with E-state index in [-0.39, 0.29) is 24.0 Å². The first-order chi connectivity index (χ1) is 17.1. The predicted molar refractivity (Wildman–Crippen MR) is 139 cm³/mol. The molecule has 0 aromatic heterocycles. The van der Waals surface area contributed by atoms with Crippen molar-refractivity contribution in [3.8, 4) is 11.5 Å². The highest BCUT2D eigenvalue weighted by Gasteiger charge is 2.48. The molecule has 1 fully saturated rings. The Labute approximate surface area is 215 Å². The molecule has 1 aliphatic rings. The lowest BCUT2D eigenvalue weighted by atomic mass is 9.72. The first kappa shape index (κ1) is 28.0. The van der Waals surface area contributed by atoms with Crippen LogP contribution >= 0.6 is 0 Å². The summed E-state index contributed by atoms with van der Waals surface area (Å²) < 4.78 is 22.8. The molecule has 0 saturated carbocycles. The third kappa shape index (κ3) is 6.78. The van der Waals surface area contributed by atoms with Gasteiger partial charge in [0.1, 0.15) is 6.61 Å². The average Bonchev–Trinajstić information content (AvgIpc) is 3.23. The van der Waals surface area contributed by atoms with Gasteiger partial charge in [0.05, 0.1) is 32.0 Å². The Bertz CT molecular complexity index is 993. The van der Waals surface area contributed by atoms with Gasteiger partial charge in [0.2, 0.25) is 5.91 Å². The SMILES string of the molecule is COc1ccc([C@@H]2CN(C(=O)COCc3ccccc3)C[C@@]2(C)[C@@H](C)O)cc1OCCC(C)(C)OC. The Morgan fingerprint density at radius 3 is 2.53 bits per heavy atom. The zero-order valence-electron chi connectivity index (χ0n) is 22.5. The van der Waals surface area contributed by atoms with E-state index >= 15 is 0 Å². The zero-order valence-corrected chi connectivity index (χ0v) is 22.5. The molecule has 0 bridgehead atoms. The number of amides is 1. The first-order valence-electron chi connectivity index (χ1n) is 12.5. The van der Waals surface area contributed by atoms with Gasteiger partial charge in [-0.1, -0.05) is 43.3 Å². The fourth-order valence-corrected chi connectivity index (χ4v) is 4.57. The van der Waals surface area contributed by atoms with Crippen molar-refractivity contribution in [3.63, 3.8) is 0 Å². The molecular weight excluding hydrogens is 458 g/mol. The van der Waals surface area contributed by atoms with Crippen LogP contribution in [-0.2, 0) is 20.9 Å². The lowest BCUT2D eigenvalue weighted by molar-refractivity contribution is -0.136. The van der Waals surface area contributed by atoms with Gasteiger partial charge in [-0.05, 0) is 44.0 Å². The number of likely N-dealkylation sites (tertiary alicyclic amines) is 1. The minimum Gasteiger partial charge on any atom is -0.493 e. The van der Waals surface area contributed by atoms with E-state index in [0.717, 1.165) is 17.5 Å². The van der Waals surface area contributed by atoms with Gasteiger partial charge in [-0.15, -0.1) is 0 Å². The highest BCUT2D eigenvalue weighted by Crippen LogP contribution is 2.46. The predicted octanol–water partition coefficient (Wildman–Crippen LogP) is 4.42. The fraction of sp³-hybridized carbons (Fsp3) is 0.552. The summed E-state index contributed by atoms with van der Waals surface area (Å²) in [6.45, 7) is 9.68. The molecule has 0 spiro atoms. The van der Waals surface area contributed by atoms with E-state index < -0.39 is 11.5 Å². The van der Waals surface area contributed by atoms with Gasteiger partial charge in [0.15, 0.2) is 11.5 Å². The van der Waals surface area contributed by atoms with Crippen molar-refractivity contribution in [1.29, 1.82) is 0 Å². The second-order valence-electron chi connectivity index (χ2n) is 10.5. The molecule has 7 heteroatoms. The Hall–Kier alpha value is -2.61. The summed E-state index contributed by atoms with van der Waals surface area (Å²) >= 11 is 0. The highest BCUT2D eigenvalue weighted by atomic mass is 16.5. The first-order valence-corrected chi connectivity index (χ1v) is 12.5. The minimum atomic E-state index is -0.612. The number of benzene rings is 2. The molecule has 198 valence electrons. The number of hydrogen-bond acceptors (Lipinski definition) is 6. The average molecular weight is 500 g/mol. The molecule has 1 amide bonds. The van der Waals surface area contributed by atoms with Crippen molar-refractivity contribution < 1.29 is 28.8 Å². The lowest BCUT2D eigenvalue weighted by Crippen LogP contribution is -2.38. The van der Waals surface area contributed by atoms with Crippen LogP contribution in [0.25, 0.3) is 0 Å². The molecular formula is C29H41NO6. The normalized spacial score (nSPS) is 20.9. The van der Waals surface area contributed by atoms with Crippen LogP contribution in [-0.4, -0.2) is 68.1 Å². The summed E-state index contributed by atoms with van der Waals surface area (Å²) in [5, 5.41) is 10.8. The second-order valence-corrected chi connectivity index (χ2v) is 10.5. The molecule has 3 atom stereocenters. The largest absolute Gasteiger partial charge is 0.493 e. The van der Waals surface area contributed by atoms with E-state index in [1.54, 1.807) is 26.0 Å². The quantitative estimate of drug-likeness (QED) is 0.466. The monoisotopic (exact) mass is 499 g/mol. The van der Waals surface area contributed by atoms with Gasteiger partial charge in [0, 0.05) is 38.0 Å². The molecule has 2 aromatic rings. The van der Waals surface area contributed by atoms with Crippen LogP contribution in [0.15, 0.2) is 48.5 Å². The highest BCUT2D eigenvalue weighted by molar-refractivity contribution is 5.78. The molecule has 0 unspecified atom stereocenters. The summed E-state index contributed by atoms with van der Waals surface area (Å²) in [4.78, 5) is 14.8. The summed E-state index contributed by atoms with van der Waals surface area (Å²) in [7, 11) is 3.31. The van der Waals surface area contributed by atoms with Crippen molar-refractivity contribution in [1.82, 2.24) is 4.90 Å². The number of aliphatic hydroxyl groups is 1.